The van der Waals surface area contributed by atoms with E-state index in [0.717, 1.165) is 4.57 Å². The second kappa shape index (κ2) is 3.86. The average molecular weight is 274 g/mol. The third-order valence-corrected chi connectivity index (χ3v) is 2.99. The van der Waals surface area contributed by atoms with E-state index < -0.39 is 12.9 Å². The smallest absolute Gasteiger partial charge is 0.250 e. The van der Waals surface area contributed by atoms with Gasteiger partial charge in [0.2, 0.25) is 17.6 Å². The van der Waals surface area contributed by atoms with E-state index in [4.69, 9.17) is 8.53 Å². The van der Waals surface area contributed by atoms with Crippen molar-refractivity contribution in [3.63, 3.8) is 0 Å². The Balaban J connectivity index is 1.85. The Labute approximate surface area is 116 Å². The van der Waals surface area contributed by atoms with Crippen molar-refractivity contribution in [3.8, 4) is 11.5 Å². The molecule has 6 heteroatoms. The van der Waals surface area contributed by atoms with E-state index in [-0.39, 0.29) is 11.6 Å². The van der Waals surface area contributed by atoms with E-state index in [1.54, 1.807) is 12.1 Å². The second-order valence-corrected chi connectivity index (χ2v) is 4.30. The zero-order valence-electron chi connectivity index (χ0n) is 13.0. The molecule has 0 aromatic carbocycles. The van der Waals surface area contributed by atoms with Crippen LogP contribution in [0.15, 0.2) is 41.1 Å². The van der Waals surface area contributed by atoms with Gasteiger partial charge in [0.05, 0.1) is 5.56 Å². The SMILES string of the molecule is [3H]C([3H])([3H])n1ccc2cc(-c3nc4ccc(F)nc4o3)cnc21. The van der Waals surface area contributed by atoms with Crippen LogP contribution in [0, 0.1) is 5.95 Å². The maximum Gasteiger partial charge on any atom is 0.250 e. The lowest BCUT2D eigenvalue weighted by Gasteiger charge is -1.97. The molecule has 0 saturated carbocycles. The van der Waals surface area contributed by atoms with Crippen LogP contribution >= 0.6 is 0 Å². The van der Waals surface area contributed by atoms with Gasteiger partial charge in [-0.3, -0.25) is 0 Å². The van der Waals surface area contributed by atoms with Gasteiger partial charge >= 0.3 is 0 Å². The minimum absolute atomic E-state index is 0.0974. The topological polar surface area (TPSA) is 56.7 Å². The summed E-state index contributed by atoms with van der Waals surface area (Å²) >= 11 is 0. The van der Waals surface area contributed by atoms with E-state index in [9.17, 15) is 4.39 Å². The standard InChI is InChI=1S/C14H9FN4O/c1-19-5-4-8-6-9(7-16-12(8)19)13-17-10-2-3-11(15)18-14(10)20-13/h2-7H,1H3/i1T3. The first-order valence-electron chi connectivity index (χ1n) is 7.33. The first kappa shape index (κ1) is 8.42. The van der Waals surface area contributed by atoms with Crippen LogP contribution in [0.3, 0.4) is 0 Å². The van der Waals surface area contributed by atoms with Gasteiger partial charge in [-0.05, 0) is 24.3 Å². The number of nitrogens with zero attached hydrogens (tertiary/aromatic N) is 4. The second-order valence-electron chi connectivity index (χ2n) is 4.30. The predicted octanol–water partition coefficient (Wildman–Crippen LogP) is 2.92. The Morgan fingerprint density at radius 1 is 1.30 bits per heavy atom. The molecule has 0 atom stereocenters. The molecule has 0 fully saturated rings. The lowest BCUT2D eigenvalue weighted by Crippen LogP contribution is -1.88. The normalized spacial score (nSPS) is 14.3. The number of hydrogen-bond donors (Lipinski definition) is 0. The molecule has 0 amide bonds. The van der Waals surface area contributed by atoms with Crippen molar-refractivity contribution < 1.29 is 12.9 Å². The molecule has 4 rings (SSSR count). The Hall–Kier alpha value is -2.76. The fraction of sp³-hybridized carbons (Fsp3) is 0.0714. The zero-order chi connectivity index (χ0) is 16.2. The summed E-state index contributed by atoms with van der Waals surface area (Å²) in [7, 11) is 0. The summed E-state index contributed by atoms with van der Waals surface area (Å²) in [4.78, 5) is 12.0. The summed E-state index contributed by atoms with van der Waals surface area (Å²) in [5.74, 6) is -0.405. The molecule has 0 aliphatic heterocycles. The van der Waals surface area contributed by atoms with E-state index in [1.165, 1.54) is 24.5 Å². The van der Waals surface area contributed by atoms with Gasteiger partial charge in [0.15, 0.2) is 0 Å². The first-order chi connectivity index (χ1) is 10.9. The fourth-order valence-electron chi connectivity index (χ4n) is 2.06. The summed E-state index contributed by atoms with van der Waals surface area (Å²) in [6.07, 6.45) is 2.92. The maximum absolute atomic E-state index is 13.1. The van der Waals surface area contributed by atoms with E-state index in [1.807, 2.05) is 0 Å². The van der Waals surface area contributed by atoms with Gasteiger partial charge in [-0.2, -0.15) is 9.37 Å². The van der Waals surface area contributed by atoms with Gasteiger partial charge in [0.1, 0.15) is 11.2 Å². The number of aryl methyl sites for hydroxylation is 1. The van der Waals surface area contributed by atoms with Crippen molar-refractivity contribution in [1.29, 1.82) is 0 Å². The van der Waals surface area contributed by atoms with Gasteiger partial charge in [0, 0.05) is 28.9 Å². The summed E-state index contributed by atoms with van der Waals surface area (Å²) in [5.41, 5.74) is 1.43. The van der Waals surface area contributed by atoms with E-state index in [0.29, 0.717) is 22.1 Å². The molecule has 4 aromatic rings. The molecule has 5 nitrogen and oxygen atoms in total. The molecule has 0 radical (unpaired) electrons. The Morgan fingerprint density at radius 2 is 2.25 bits per heavy atom. The van der Waals surface area contributed by atoms with Crippen molar-refractivity contribution in [1.82, 2.24) is 19.5 Å². The van der Waals surface area contributed by atoms with Gasteiger partial charge in [-0.25, -0.2) is 9.97 Å². The highest BCUT2D eigenvalue weighted by atomic mass is 19.1. The number of oxazole rings is 1. The summed E-state index contributed by atoms with van der Waals surface area (Å²) in [6.45, 7) is -2.30. The lowest BCUT2D eigenvalue weighted by molar-refractivity contribution is 0.559. The lowest BCUT2D eigenvalue weighted by atomic mass is 10.2. The van der Waals surface area contributed by atoms with Crippen molar-refractivity contribution >= 4 is 22.3 Å². The Kier molecular flexibility index (Phi) is 1.63. The van der Waals surface area contributed by atoms with Crippen molar-refractivity contribution in [2.24, 2.45) is 6.98 Å². The number of halogens is 1. The molecule has 20 heavy (non-hydrogen) atoms. The third-order valence-electron chi connectivity index (χ3n) is 2.99. The zero-order valence-corrected chi connectivity index (χ0v) is 10.0. The summed E-state index contributed by atoms with van der Waals surface area (Å²) < 4.78 is 42.1. The molecular weight excluding hydrogens is 259 g/mol. The number of aromatic nitrogens is 4. The summed E-state index contributed by atoms with van der Waals surface area (Å²) in [5, 5.41) is 0.639. The molecule has 0 spiro atoms. The van der Waals surface area contributed by atoms with Crippen molar-refractivity contribution in [3.05, 3.63) is 42.6 Å². The molecule has 98 valence electrons. The predicted molar refractivity (Wildman–Crippen MR) is 71.5 cm³/mol. The molecule has 4 heterocycles. The van der Waals surface area contributed by atoms with Crippen LogP contribution < -0.4 is 0 Å². The molecular formula is C14H9FN4O. The molecule has 4 aromatic heterocycles. The minimum Gasteiger partial charge on any atom is -0.418 e. The van der Waals surface area contributed by atoms with E-state index in [2.05, 4.69) is 15.0 Å². The highest BCUT2D eigenvalue weighted by Crippen LogP contribution is 2.25. The highest BCUT2D eigenvalue weighted by molar-refractivity contribution is 5.81. The minimum atomic E-state index is -2.30. The maximum atomic E-state index is 13.1. The van der Waals surface area contributed by atoms with Gasteiger partial charge < -0.3 is 8.98 Å². The Bertz CT molecular complexity index is 1040. The largest absolute Gasteiger partial charge is 0.418 e. The first-order valence-corrected chi connectivity index (χ1v) is 5.83. The van der Waals surface area contributed by atoms with Gasteiger partial charge in [0.25, 0.3) is 0 Å². The summed E-state index contributed by atoms with van der Waals surface area (Å²) in [6, 6.07) is 6.04. The van der Waals surface area contributed by atoms with Gasteiger partial charge in [-0.15, -0.1) is 0 Å². The number of rotatable bonds is 1. The van der Waals surface area contributed by atoms with Crippen LogP contribution in [-0.4, -0.2) is 19.5 Å². The van der Waals surface area contributed by atoms with E-state index >= 15 is 0 Å². The van der Waals surface area contributed by atoms with Gasteiger partial charge in [-0.1, -0.05) is 0 Å². The van der Waals surface area contributed by atoms with Crippen LogP contribution in [0.5, 0.6) is 0 Å². The van der Waals surface area contributed by atoms with Crippen LogP contribution in [0.4, 0.5) is 4.39 Å². The highest BCUT2D eigenvalue weighted by Gasteiger charge is 2.11. The van der Waals surface area contributed by atoms with Crippen LogP contribution in [-0.2, 0) is 6.98 Å². The number of pyridine rings is 2. The van der Waals surface area contributed by atoms with Crippen molar-refractivity contribution in [2.75, 3.05) is 0 Å². The number of fused-ring (bicyclic) bond motifs is 2. The molecule has 0 N–H and O–H groups in total. The monoisotopic (exact) mass is 274 g/mol. The molecule has 0 saturated heterocycles. The molecule has 0 aliphatic carbocycles. The Morgan fingerprint density at radius 3 is 3.15 bits per heavy atom. The van der Waals surface area contributed by atoms with Crippen LogP contribution in [0.1, 0.15) is 4.11 Å². The average Bonchev–Trinajstić information content (AvgIpc) is 3.08. The van der Waals surface area contributed by atoms with Crippen molar-refractivity contribution in [2.45, 2.75) is 0 Å². The third kappa shape index (κ3) is 1.58. The molecule has 0 aliphatic rings. The van der Waals surface area contributed by atoms with Crippen LogP contribution in [0.2, 0.25) is 0 Å². The number of hydrogen-bond acceptors (Lipinski definition) is 4. The molecule has 0 unspecified atom stereocenters. The van der Waals surface area contributed by atoms with Crippen LogP contribution in [0.25, 0.3) is 33.7 Å². The molecule has 0 bridgehead atoms. The quantitative estimate of drug-likeness (QED) is 0.501. The fourth-order valence-corrected chi connectivity index (χ4v) is 2.06.